The first-order valence-electron chi connectivity index (χ1n) is 6.79. The number of ether oxygens (including phenoxy) is 1. The van der Waals surface area contributed by atoms with E-state index in [1.807, 2.05) is 42.5 Å². The number of methoxy groups -OCH3 is 1. The average Bonchev–Trinajstić information content (AvgIpc) is 2.55. The molecular weight excluding hydrogens is 262 g/mol. The van der Waals surface area contributed by atoms with Gasteiger partial charge in [0, 0.05) is 5.39 Å². The number of para-hydroxylation sites is 1. The van der Waals surface area contributed by atoms with Crippen LogP contribution in [0.1, 0.15) is 21.6 Å². The van der Waals surface area contributed by atoms with Gasteiger partial charge < -0.3 is 4.74 Å². The zero-order valence-electron chi connectivity index (χ0n) is 11.7. The molecule has 2 aromatic carbocycles. The third kappa shape index (κ3) is 2.77. The molecule has 0 saturated heterocycles. The molecule has 104 valence electrons. The van der Waals surface area contributed by atoms with Crippen molar-refractivity contribution in [1.82, 2.24) is 4.98 Å². The van der Waals surface area contributed by atoms with E-state index in [0.29, 0.717) is 5.69 Å². The van der Waals surface area contributed by atoms with E-state index < -0.39 is 5.97 Å². The Morgan fingerprint density at radius 2 is 1.81 bits per heavy atom. The molecule has 0 saturated carbocycles. The molecule has 0 atom stereocenters. The molecule has 1 heterocycles. The second-order valence-corrected chi connectivity index (χ2v) is 4.84. The van der Waals surface area contributed by atoms with Crippen LogP contribution in [0.3, 0.4) is 0 Å². The second kappa shape index (κ2) is 5.75. The van der Waals surface area contributed by atoms with Gasteiger partial charge in [-0.05, 0) is 23.6 Å². The van der Waals surface area contributed by atoms with Crippen LogP contribution in [0.4, 0.5) is 0 Å². The third-order valence-electron chi connectivity index (χ3n) is 3.44. The minimum absolute atomic E-state index is 0.338. The molecule has 21 heavy (non-hydrogen) atoms. The Kier molecular flexibility index (Phi) is 3.65. The Labute approximate surface area is 123 Å². The smallest absolute Gasteiger partial charge is 0.356 e. The van der Waals surface area contributed by atoms with Gasteiger partial charge >= 0.3 is 5.97 Å². The van der Waals surface area contributed by atoms with E-state index in [1.54, 1.807) is 6.07 Å². The van der Waals surface area contributed by atoms with Crippen molar-refractivity contribution in [2.24, 2.45) is 0 Å². The number of hydrogen-bond donors (Lipinski definition) is 0. The van der Waals surface area contributed by atoms with Gasteiger partial charge in [-0.25, -0.2) is 9.78 Å². The summed E-state index contributed by atoms with van der Waals surface area (Å²) < 4.78 is 4.74. The van der Waals surface area contributed by atoms with Crippen LogP contribution in [0.15, 0.2) is 60.7 Å². The minimum Gasteiger partial charge on any atom is -0.464 e. The first-order valence-corrected chi connectivity index (χ1v) is 6.79. The molecule has 0 aliphatic carbocycles. The van der Waals surface area contributed by atoms with E-state index in [4.69, 9.17) is 4.74 Å². The molecular formula is C18H15NO2. The first kappa shape index (κ1) is 13.3. The number of carbonyl (C=O) groups excluding carboxylic acids is 1. The number of nitrogens with zero attached hydrogens (tertiary/aromatic N) is 1. The predicted octanol–water partition coefficient (Wildman–Crippen LogP) is 3.61. The van der Waals surface area contributed by atoms with Crippen molar-refractivity contribution in [3.05, 3.63) is 77.5 Å². The van der Waals surface area contributed by atoms with Gasteiger partial charge in [0.05, 0.1) is 12.6 Å². The van der Waals surface area contributed by atoms with Crippen molar-refractivity contribution in [2.45, 2.75) is 6.42 Å². The molecule has 0 bridgehead atoms. The summed E-state index contributed by atoms with van der Waals surface area (Å²) in [6, 6.07) is 19.9. The van der Waals surface area contributed by atoms with Gasteiger partial charge in [-0.2, -0.15) is 0 Å². The predicted molar refractivity (Wildman–Crippen MR) is 82.3 cm³/mol. The number of esters is 1. The molecule has 0 spiro atoms. The van der Waals surface area contributed by atoms with Gasteiger partial charge in [-0.3, -0.25) is 0 Å². The summed E-state index contributed by atoms with van der Waals surface area (Å²) in [5.41, 5.74) is 3.51. The summed E-state index contributed by atoms with van der Waals surface area (Å²) in [5.74, 6) is -0.411. The van der Waals surface area contributed by atoms with Gasteiger partial charge in [-0.15, -0.1) is 0 Å². The lowest BCUT2D eigenvalue weighted by Crippen LogP contribution is -2.04. The van der Waals surface area contributed by atoms with Gasteiger partial charge in [0.1, 0.15) is 5.69 Å². The fraction of sp³-hybridized carbons (Fsp3) is 0.111. The van der Waals surface area contributed by atoms with Crippen LogP contribution < -0.4 is 0 Å². The van der Waals surface area contributed by atoms with Crippen molar-refractivity contribution >= 4 is 16.9 Å². The molecule has 0 fully saturated rings. The van der Waals surface area contributed by atoms with E-state index >= 15 is 0 Å². The Bertz CT molecular complexity index is 782. The van der Waals surface area contributed by atoms with E-state index in [-0.39, 0.29) is 0 Å². The van der Waals surface area contributed by atoms with E-state index in [2.05, 4.69) is 17.1 Å². The molecule has 3 heteroatoms. The highest BCUT2D eigenvalue weighted by Crippen LogP contribution is 2.20. The summed E-state index contributed by atoms with van der Waals surface area (Å²) in [6.45, 7) is 0. The molecule has 3 rings (SSSR count). The van der Waals surface area contributed by atoms with Crippen LogP contribution in [0, 0.1) is 0 Å². The molecule has 0 unspecified atom stereocenters. The Morgan fingerprint density at radius 1 is 1.00 bits per heavy atom. The summed E-state index contributed by atoms with van der Waals surface area (Å²) in [7, 11) is 1.37. The van der Waals surface area contributed by atoms with Crippen molar-refractivity contribution in [3.8, 4) is 0 Å². The maximum atomic E-state index is 11.6. The Balaban J connectivity index is 2.07. The number of hydrogen-bond acceptors (Lipinski definition) is 3. The standard InChI is InChI=1S/C18H15NO2/c1-21-18(20)16-11-10-14-8-5-9-15(17(14)19-16)12-13-6-3-2-4-7-13/h2-11H,12H2,1H3. The second-order valence-electron chi connectivity index (χ2n) is 4.84. The largest absolute Gasteiger partial charge is 0.464 e. The molecule has 0 amide bonds. The van der Waals surface area contributed by atoms with Gasteiger partial charge in [-0.1, -0.05) is 54.6 Å². The molecule has 0 aliphatic rings. The lowest BCUT2D eigenvalue weighted by Gasteiger charge is -2.07. The van der Waals surface area contributed by atoms with Gasteiger partial charge in [0.15, 0.2) is 0 Å². The number of aromatic nitrogens is 1. The normalized spacial score (nSPS) is 10.5. The van der Waals surface area contributed by atoms with Crippen LogP contribution in [-0.4, -0.2) is 18.1 Å². The summed E-state index contributed by atoms with van der Waals surface area (Å²) in [6.07, 6.45) is 0.788. The maximum absolute atomic E-state index is 11.6. The molecule has 0 N–H and O–H groups in total. The quantitative estimate of drug-likeness (QED) is 0.686. The number of carbonyl (C=O) groups is 1. The fourth-order valence-corrected chi connectivity index (χ4v) is 2.39. The third-order valence-corrected chi connectivity index (χ3v) is 3.44. The zero-order chi connectivity index (χ0) is 14.7. The first-order chi connectivity index (χ1) is 10.3. The monoisotopic (exact) mass is 277 g/mol. The SMILES string of the molecule is COC(=O)c1ccc2cccc(Cc3ccccc3)c2n1. The molecule has 3 nitrogen and oxygen atoms in total. The zero-order valence-corrected chi connectivity index (χ0v) is 11.7. The lowest BCUT2D eigenvalue weighted by molar-refractivity contribution is 0.0594. The average molecular weight is 277 g/mol. The highest BCUT2D eigenvalue weighted by Gasteiger charge is 2.10. The Hall–Kier alpha value is -2.68. The van der Waals surface area contributed by atoms with Crippen LogP contribution >= 0.6 is 0 Å². The summed E-state index contributed by atoms with van der Waals surface area (Å²) in [5, 5.41) is 1.02. The van der Waals surface area contributed by atoms with Crippen molar-refractivity contribution in [1.29, 1.82) is 0 Å². The van der Waals surface area contributed by atoms with Crippen LogP contribution in [-0.2, 0) is 11.2 Å². The molecule has 3 aromatic rings. The summed E-state index contributed by atoms with van der Waals surface area (Å²) in [4.78, 5) is 16.1. The summed E-state index contributed by atoms with van der Waals surface area (Å²) >= 11 is 0. The maximum Gasteiger partial charge on any atom is 0.356 e. The van der Waals surface area contributed by atoms with Crippen LogP contribution in [0.2, 0.25) is 0 Å². The molecule has 0 radical (unpaired) electrons. The topological polar surface area (TPSA) is 39.2 Å². The van der Waals surface area contributed by atoms with E-state index in [9.17, 15) is 4.79 Å². The minimum atomic E-state index is -0.411. The lowest BCUT2D eigenvalue weighted by atomic mass is 10.0. The molecule has 1 aromatic heterocycles. The van der Waals surface area contributed by atoms with Crippen LogP contribution in [0.5, 0.6) is 0 Å². The fourth-order valence-electron chi connectivity index (χ4n) is 2.39. The highest BCUT2D eigenvalue weighted by atomic mass is 16.5. The molecule has 0 aliphatic heterocycles. The van der Waals surface area contributed by atoms with E-state index in [1.165, 1.54) is 12.7 Å². The highest BCUT2D eigenvalue weighted by molar-refractivity contribution is 5.91. The Morgan fingerprint density at radius 3 is 2.57 bits per heavy atom. The number of benzene rings is 2. The van der Waals surface area contributed by atoms with Crippen molar-refractivity contribution in [2.75, 3.05) is 7.11 Å². The number of fused-ring (bicyclic) bond motifs is 1. The van der Waals surface area contributed by atoms with Gasteiger partial charge in [0.25, 0.3) is 0 Å². The van der Waals surface area contributed by atoms with Crippen LogP contribution in [0.25, 0.3) is 10.9 Å². The van der Waals surface area contributed by atoms with Crippen molar-refractivity contribution < 1.29 is 9.53 Å². The number of rotatable bonds is 3. The van der Waals surface area contributed by atoms with E-state index in [0.717, 1.165) is 22.9 Å². The van der Waals surface area contributed by atoms with Crippen molar-refractivity contribution in [3.63, 3.8) is 0 Å². The number of pyridine rings is 1. The van der Waals surface area contributed by atoms with Gasteiger partial charge in [0.2, 0.25) is 0 Å².